The molecule has 0 heterocycles. The van der Waals surface area contributed by atoms with Gasteiger partial charge in [0.1, 0.15) is 0 Å². The molecule has 0 unspecified atom stereocenters. The molecule has 0 saturated heterocycles. The number of nitrogens with zero attached hydrogens (tertiary/aromatic N) is 1. The standard InChI is InChI=1S/C51H53N.CH5N/c1-10-18-39-25-26-40(36-48(39)49(4,5)34-11-2)38-27-29-42(30-28-38)52(41-20-13-12-14-21-41)43-31-32-44-46(50(6,7)35-33-43)23-17-24-47(44)51(8,9)45-22-16-15-19-37(45)3;1-2/h1,11-17,19-33,36H,2,18,34-35H2,3-9H3;2H2,1H3/b32-31-,43-33+;. The molecule has 6 rings (SSSR count). The first-order valence-corrected chi connectivity index (χ1v) is 19.2. The van der Waals surface area contributed by atoms with Crippen LogP contribution in [0, 0.1) is 19.3 Å². The van der Waals surface area contributed by atoms with Gasteiger partial charge >= 0.3 is 0 Å². The van der Waals surface area contributed by atoms with Crippen molar-refractivity contribution in [3.05, 3.63) is 185 Å². The van der Waals surface area contributed by atoms with E-state index in [1.54, 1.807) is 0 Å². The van der Waals surface area contributed by atoms with E-state index in [0.29, 0.717) is 6.42 Å². The van der Waals surface area contributed by atoms with Gasteiger partial charge < -0.3 is 10.6 Å². The lowest BCUT2D eigenvalue weighted by atomic mass is 9.70. The summed E-state index contributed by atoms with van der Waals surface area (Å²) in [6, 6.07) is 42.2. The molecule has 0 bridgehead atoms. The van der Waals surface area contributed by atoms with E-state index in [9.17, 15) is 0 Å². The van der Waals surface area contributed by atoms with Crippen LogP contribution in [0.15, 0.2) is 146 Å². The number of benzene rings is 5. The quantitative estimate of drug-likeness (QED) is 0.115. The average Bonchev–Trinajstić information content (AvgIpc) is 3.17. The number of fused-ring (bicyclic) bond motifs is 1. The summed E-state index contributed by atoms with van der Waals surface area (Å²) in [6.07, 6.45) is 17.3. The Balaban J connectivity index is 0.00000276. The van der Waals surface area contributed by atoms with Gasteiger partial charge in [0.05, 0.1) is 0 Å². The summed E-state index contributed by atoms with van der Waals surface area (Å²) in [4.78, 5) is 2.39. The first-order chi connectivity index (χ1) is 25.9. The molecule has 5 aromatic carbocycles. The molecule has 2 nitrogen and oxygen atoms in total. The maximum atomic E-state index is 5.78. The van der Waals surface area contributed by atoms with Gasteiger partial charge in [-0.1, -0.05) is 151 Å². The first kappa shape index (κ1) is 39.8. The van der Waals surface area contributed by atoms with Gasteiger partial charge in [0.15, 0.2) is 0 Å². The van der Waals surface area contributed by atoms with Crippen molar-refractivity contribution in [2.24, 2.45) is 5.73 Å². The Morgan fingerprint density at radius 2 is 1.39 bits per heavy atom. The van der Waals surface area contributed by atoms with Gasteiger partial charge in [0, 0.05) is 28.9 Å². The Labute approximate surface area is 326 Å². The highest BCUT2D eigenvalue weighted by Gasteiger charge is 2.32. The van der Waals surface area contributed by atoms with Crippen molar-refractivity contribution in [1.82, 2.24) is 0 Å². The van der Waals surface area contributed by atoms with Crippen LogP contribution in [0.2, 0.25) is 0 Å². The van der Waals surface area contributed by atoms with E-state index < -0.39 is 0 Å². The van der Waals surface area contributed by atoms with Crippen LogP contribution >= 0.6 is 0 Å². The lowest BCUT2D eigenvalue weighted by molar-refractivity contribution is 0.527. The molecular formula is C52H58N2. The summed E-state index contributed by atoms with van der Waals surface area (Å²) in [5.41, 5.74) is 19.2. The van der Waals surface area contributed by atoms with Crippen molar-refractivity contribution in [3.63, 3.8) is 0 Å². The van der Waals surface area contributed by atoms with Gasteiger partial charge in [-0.05, 0) is 118 Å². The zero-order valence-electron chi connectivity index (χ0n) is 33.7. The summed E-state index contributed by atoms with van der Waals surface area (Å²) < 4.78 is 0. The molecule has 54 heavy (non-hydrogen) atoms. The van der Waals surface area contributed by atoms with Crippen molar-refractivity contribution >= 4 is 17.5 Å². The average molecular weight is 711 g/mol. The molecule has 0 radical (unpaired) electrons. The third kappa shape index (κ3) is 8.23. The number of terminal acetylenes is 1. The fraction of sp³-hybridized carbons (Fsp3) is 0.269. The van der Waals surface area contributed by atoms with Crippen LogP contribution in [0.1, 0.15) is 93.3 Å². The topological polar surface area (TPSA) is 29.3 Å². The molecule has 0 amide bonds. The minimum absolute atomic E-state index is 0.0631. The molecule has 1 aliphatic rings. The van der Waals surface area contributed by atoms with E-state index >= 15 is 0 Å². The van der Waals surface area contributed by atoms with E-state index in [4.69, 9.17) is 6.42 Å². The summed E-state index contributed by atoms with van der Waals surface area (Å²) in [6.45, 7) is 20.3. The molecule has 5 aromatic rings. The number of nitrogens with two attached hydrogens (primary N) is 1. The van der Waals surface area contributed by atoms with E-state index in [0.717, 1.165) is 29.9 Å². The molecule has 0 spiro atoms. The van der Waals surface area contributed by atoms with E-state index in [2.05, 4.69) is 205 Å². The Hall–Kier alpha value is -5.36. The van der Waals surface area contributed by atoms with Crippen LogP contribution in [0.5, 0.6) is 0 Å². The zero-order valence-corrected chi connectivity index (χ0v) is 33.7. The Bertz CT molecular complexity index is 2170. The third-order valence-corrected chi connectivity index (χ3v) is 11.1. The number of aryl methyl sites for hydroxylation is 1. The van der Waals surface area contributed by atoms with Crippen LogP contribution in [-0.4, -0.2) is 7.05 Å². The molecule has 0 aromatic heterocycles. The van der Waals surface area contributed by atoms with Gasteiger partial charge in [-0.15, -0.1) is 18.9 Å². The van der Waals surface area contributed by atoms with Crippen LogP contribution in [0.4, 0.5) is 11.4 Å². The smallest absolute Gasteiger partial charge is 0.0461 e. The lowest BCUT2D eigenvalue weighted by Crippen LogP contribution is -2.26. The first-order valence-electron chi connectivity index (χ1n) is 19.2. The number of hydrogen-bond acceptors (Lipinski definition) is 2. The minimum Gasteiger partial charge on any atom is -0.333 e. The summed E-state index contributed by atoms with van der Waals surface area (Å²) in [7, 11) is 1.50. The van der Waals surface area contributed by atoms with Crippen molar-refractivity contribution in [2.45, 2.75) is 84.0 Å². The second-order valence-corrected chi connectivity index (χ2v) is 16.1. The highest BCUT2D eigenvalue weighted by Crippen LogP contribution is 2.43. The molecule has 0 saturated carbocycles. The van der Waals surface area contributed by atoms with Crippen molar-refractivity contribution in [2.75, 3.05) is 11.9 Å². The van der Waals surface area contributed by atoms with Crippen LogP contribution < -0.4 is 10.6 Å². The molecule has 1 aliphatic carbocycles. The normalized spacial score (nSPS) is 15.1. The van der Waals surface area contributed by atoms with Crippen LogP contribution in [0.3, 0.4) is 0 Å². The Morgan fingerprint density at radius 1 is 0.759 bits per heavy atom. The second kappa shape index (κ2) is 16.8. The fourth-order valence-corrected chi connectivity index (χ4v) is 8.12. The highest BCUT2D eigenvalue weighted by atomic mass is 15.1. The molecular weight excluding hydrogens is 653 g/mol. The maximum absolute atomic E-state index is 5.78. The molecule has 0 fully saturated rings. The molecule has 0 aliphatic heterocycles. The van der Waals surface area contributed by atoms with E-state index in [1.165, 1.54) is 57.1 Å². The zero-order chi connectivity index (χ0) is 39.1. The Kier molecular flexibility index (Phi) is 12.4. The van der Waals surface area contributed by atoms with Crippen molar-refractivity contribution in [1.29, 1.82) is 0 Å². The van der Waals surface area contributed by atoms with Gasteiger partial charge in [-0.2, -0.15) is 0 Å². The minimum atomic E-state index is -0.172. The number of anilines is 2. The molecule has 2 N–H and O–H groups in total. The highest BCUT2D eigenvalue weighted by molar-refractivity contribution is 5.76. The molecule has 2 heteroatoms. The second-order valence-electron chi connectivity index (χ2n) is 16.1. The summed E-state index contributed by atoms with van der Waals surface area (Å²) >= 11 is 0. The predicted molar refractivity (Wildman–Crippen MR) is 235 cm³/mol. The lowest BCUT2D eigenvalue weighted by Gasteiger charge is -2.35. The predicted octanol–water partition coefficient (Wildman–Crippen LogP) is 13.0. The van der Waals surface area contributed by atoms with Crippen LogP contribution in [0.25, 0.3) is 17.2 Å². The largest absolute Gasteiger partial charge is 0.333 e. The van der Waals surface area contributed by atoms with Gasteiger partial charge in [-0.25, -0.2) is 0 Å². The van der Waals surface area contributed by atoms with E-state index in [-0.39, 0.29) is 16.2 Å². The molecule has 276 valence electrons. The Morgan fingerprint density at radius 3 is 2.06 bits per heavy atom. The number of rotatable bonds is 10. The SMILES string of the molecule is C#CCc1ccc(-c2ccc(N(C3=C/CC(C)(C)c4cccc(C(C)(C)c5ccccc5C)c4/C=C\3)c3ccccc3)cc2)cc1C(C)(C)CC=C.CN. The van der Waals surface area contributed by atoms with Gasteiger partial charge in [0.25, 0.3) is 0 Å². The summed E-state index contributed by atoms with van der Waals surface area (Å²) in [5.74, 6) is 2.86. The molecule has 0 atom stereocenters. The number of para-hydroxylation sites is 1. The van der Waals surface area contributed by atoms with Crippen LogP contribution in [-0.2, 0) is 22.7 Å². The fourth-order valence-electron chi connectivity index (χ4n) is 8.12. The maximum Gasteiger partial charge on any atom is 0.0461 e. The third-order valence-electron chi connectivity index (χ3n) is 11.1. The monoisotopic (exact) mass is 710 g/mol. The number of hydrogen-bond donors (Lipinski definition) is 1. The van der Waals surface area contributed by atoms with Crippen molar-refractivity contribution in [3.8, 4) is 23.5 Å². The number of allylic oxidation sites excluding steroid dienone is 3. The van der Waals surface area contributed by atoms with Crippen molar-refractivity contribution < 1.29 is 0 Å². The van der Waals surface area contributed by atoms with Gasteiger partial charge in [-0.3, -0.25) is 0 Å². The summed E-state index contributed by atoms with van der Waals surface area (Å²) in [5, 5.41) is 0. The van der Waals surface area contributed by atoms with Gasteiger partial charge in [0.2, 0.25) is 0 Å². The van der Waals surface area contributed by atoms with E-state index in [1.807, 2.05) is 6.08 Å².